The number of amides is 2. The third-order valence-electron chi connectivity index (χ3n) is 7.69. The fourth-order valence-corrected chi connectivity index (χ4v) is 5.33. The van der Waals surface area contributed by atoms with Crippen molar-refractivity contribution in [1.82, 2.24) is 9.88 Å². The molecule has 0 aliphatic carbocycles. The molecule has 2 aliphatic heterocycles. The van der Waals surface area contributed by atoms with Gasteiger partial charge in [0.25, 0.3) is 11.8 Å². The van der Waals surface area contributed by atoms with Gasteiger partial charge >= 0.3 is 0 Å². The maximum atomic E-state index is 13.5. The first-order chi connectivity index (χ1) is 18.9. The average molecular weight is 524 g/mol. The Morgan fingerprint density at radius 1 is 0.974 bits per heavy atom. The zero-order valence-electron chi connectivity index (χ0n) is 22.4. The molecule has 0 spiro atoms. The molecule has 1 aromatic heterocycles. The second-order valence-corrected chi connectivity index (χ2v) is 10.2. The molecule has 0 atom stereocenters. The maximum Gasteiger partial charge on any atom is 0.257 e. The molecule has 0 unspecified atom stereocenters. The van der Waals surface area contributed by atoms with E-state index in [1.165, 1.54) is 5.56 Å². The molecule has 1 N–H and O–H groups in total. The second-order valence-electron chi connectivity index (χ2n) is 10.2. The van der Waals surface area contributed by atoms with Gasteiger partial charge in [-0.05, 0) is 79.6 Å². The zero-order chi connectivity index (χ0) is 27.4. The number of anilines is 2. The van der Waals surface area contributed by atoms with Gasteiger partial charge in [-0.3, -0.25) is 9.59 Å². The topological polar surface area (TPSA) is 98.6 Å². The Bertz CT molecular complexity index is 1380. The smallest absolute Gasteiger partial charge is 0.257 e. The number of morpholine rings is 1. The van der Waals surface area contributed by atoms with Crippen molar-refractivity contribution < 1.29 is 14.3 Å². The second kappa shape index (κ2) is 11.7. The molecule has 8 nitrogen and oxygen atoms in total. The van der Waals surface area contributed by atoms with Crippen LogP contribution in [0, 0.1) is 25.2 Å². The van der Waals surface area contributed by atoms with Crippen molar-refractivity contribution in [3.8, 4) is 6.07 Å². The number of benzene rings is 2. The number of nitriles is 1. The Morgan fingerprint density at radius 2 is 1.69 bits per heavy atom. The Hall–Kier alpha value is -4.22. The lowest BCUT2D eigenvalue weighted by Crippen LogP contribution is -2.38. The number of rotatable bonds is 5. The molecule has 0 saturated carbocycles. The summed E-state index contributed by atoms with van der Waals surface area (Å²) in [5, 5.41) is 12.0. The Kier molecular flexibility index (Phi) is 7.89. The lowest BCUT2D eigenvalue weighted by atomic mass is 9.88. The summed E-state index contributed by atoms with van der Waals surface area (Å²) in [6.45, 7) is 8.11. The van der Waals surface area contributed by atoms with Gasteiger partial charge in [0.05, 0.1) is 30.4 Å². The highest BCUT2D eigenvalue weighted by Crippen LogP contribution is 2.30. The van der Waals surface area contributed by atoms with Crippen molar-refractivity contribution in [2.45, 2.75) is 32.6 Å². The molecule has 2 saturated heterocycles. The normalized spacial score (nSPS) is 16.0. The average Bonchev–Trinajstić information content (AvgIpc) is 2.99. The van der Waals surface area contributed by atoms with E-state index in [1.807, 2.05) is 55.1 Å². The minimum atomic E-state index is -0.260. The molecule has 2 fully saturated rings. The van der Waals surface area contributed by atoms with E-state index < -0.39 is 0 Å². The summed E-state index contributed by atoms with van der Waals surface area (Å²) in [4.78, 5) is 35.1. The number of piperidine rings is 1. The summed E-state index contributed by atoms with van der Waals surface area (Å²) < 4.78 is 5.39. The van der Waals surface area contributed by atoms with Gasteiger partial charge in [0, 0.05) is 43.6 Å². The number of pyridine rings is 1. The fourth-order valence-electron chi connectivity index (χ4n) is 5.33. The Balaban J connectivity index is 1.24. The number of aromatic nitrogens is 1. The zero-order valence-corrected chi connectivity index (χ0v) is 22.4. The molecular weight excluding hydrogens is 490 g/mol. The van der Waals surface area contributed by atoms with Gasteiger partial charge < -0.3 is 19.9 Å². The first-order valence-corrected chi connectivity index (χ1v) is 13.4. The number of aryl methyl sites for hydroxylation is 2. The van der Waals surface area contributed by atoms with E-state index in [4.69, 9.17) is 10.00 Å². The maximum absolute atomic E-state index is 13.5. The fraction of sp³-hybridized carbons (Fsp3) is 0.355. The summed E-state index contributed by atoms with van der Waals surface area (Å²) in [7, 11) is 0. The van der Waals surface area contributed by atoms with Crippen LogP contribution in [0.15, 0.2) is 54.7 Å². The monoisotopic (exact) mass is 523 g/mol. The minimum absolute atomic E-state index is 0.0159. The molecular formula is C31H33N5O3. The summed E-state index contributed by atoms with van der Waals surface area (Å²) in [6.07, 6.45) is 3.34. The minimum Gasteiger partial charge on any atom is -0.378 e. The van der Waals surface area contributed by atoms with E-state index in [2.05, 4.69) is 21.3 Å². The van der Waals surface area contributed by atoms with Crippen LogP contribution >= 0.6 is 0 Å². The Labute approximate surface area is 229 Å². The van der Waals surface area contributed by atoms with Crippen molar-refractivity contribution in [2.24, 2.45) is 0 Å². The van der Waals surface area contributed by atoms with E-state index in [9.17, 15) is 9.59 Å². The standard InChI is InChI=1S/C31H33N5O3/c1-21-17-22(2)28(34-30(37)26-7-8-29(33-20-26)35-13-15-39-16-14-35)18-27(21)31(38)36-11-9-25(10-12-36)24-5-3-23(19-32)4-6-24/h3-8,17-18,20,25H,9-16H2,1-2H3,(H,34,37). The summed E-state index contributed by atoms with van der Waals surface area (Å²) >= 11 is 0. The van der Waals surface area contributed by atoms with Crippen LogP contribution in [-0.2, 0) is 4.74 Å². The highest BCUT2D eigenvalue weighted by Gasteiger charge is 2.26. The number of ether oxygens (including phenoxy) is 1. The van der Waals surface area contributed by atoms with Crippen molar-refractivity contribution in [1.29, 1.82) is 5.26 Å². The van der Waals surface area contributed by atoms with E-state index in [1.54, 1.807) is 18.3 Å². The van der Waals surface area contributed by atoms with Gasteiger partial charge in [-0.2, -0.15) is 5.26 Å². The van der Waals surface area contributed by atoms with Gasteiger partial charge in [0.1, 0.15) is 5.82 Å². The lowest BCUT2D eigenvalue weighted by Gasteiger charge is -2.33. The molecule has 2 aliphatic rings. The van der Waals surface area contributed by atoms with Crippen molar-refractivity contribution >= 4 is 23.3 Å². The number of nitrogens with one attached hydrogen (secondary N) is 1. The molecule has 8 heteroatoms. The van der Waals surface area contributed by atoms with Gasteiger partial charge in [-0.25, -0.2) is 4.98 Å². The molecule has 5 rings (SSSR count). The first kappa shape index (κ1) is 26.4. The van der Waals surface area contributed by atoms with Crippen molar-refractivity contribution in [3.05, 3.63) is 88.1 Å². The van der Waals surface area contributed by atoms with Crippen LogP contribution in [0.1, 0.15) is 61.7 Å². The van der Waals surface area contributed by atoms with E-state index in [0.717, 1.165) is 42.9 Å². The molecule has 0 radical (unpaired) electrons. The third-order valence-corrected chi connectivity index (χ3v) is 7.69. The molecule has 39 heavy (non-hydrogen) atoms. The van der Waals surface area contributed by atoms with Crippen molar-refractivity contribution in [3.63, 3.8) is 0 Å². The summed E-state index contributed by atoms with van der Waals surface area (Å²) in [5.41, 5.74) is 5.35. The van der Waals surface area contributed by atoms with Crippen LogP contribution in [0.2, 0.25) is 0 Å². The predicted octanol–water partition coefficient (Wildman–Crippen LogP) is 4.68. The number of carbonyl (C=O) groups excluding carboxylic acids is 2. The number of hydrogen-bond donors (Lipinski definition) is 1. The van der Waals surface area contributed by atoms with Gasteiger partial charge in [-0.15, -0.1) is 0 Å². The van der Waals surface area contributed by atoms with Gasteiger partial charge in [0.15, 0.2) is 0 Å². The molecule has 3 heterocycles. The third kappa shape index (κ3) is 5.94. The van der Waals surface area contributed by atoms with Crippen LogP contribution in [0.25, 0.3) is 0 Å². The van der Waals surface area contributed by atoms with Crippen LogP contribution in [-0.4, -0.2) is 61.1 Å². The number of nitrogens with zero attached hydrogens (tertiary/aromatic N) is 4. The van der Waals surface area contributed by atoms with E-state index in [-0.39, 0.29) is 11.8 Å². The van der Waals surface area contributed by atoms with E-state index in [0.29, 0.717) is 54.6 Å². The van der Waals surface area contributed by atoms with Crippen LogP contribution in [0.5, 0.6) is 0 Å². The van der Waals surface area contributed by atoms with Crippen LogP contribution in [0.4, 0.5) is 11.5 Å². The van der Waals surface area contributed by atoms with Crippen LogP contribution < -0.4 is 10.2 Å². The van der Waals surface area contributed by atoms with Gasteiger partial charge in [0.2, 0.25) is 0 Å². The SMILES string of the molecule is Cc1cc(C)c(C(=O)N2CCC(c3ccc(C#N)cc3)CC2)cc1NC(=O)c1ccc(N2CCOCC2)nc1. The molecule has 2 amide bonds. The molecule has 200 valence electrons. The first-order valence-electron chi connectivity index (χ1n) is 13.4. The summed E-state index contributed by atoms with van der Waals surface area (Å²) in [5.74, 6) is 0.929. The van der Waals surface area contributed by atoms with Gasteiger partial charge in [-0.1, -0.05) is 18.2 Å². The van der Waals surface area contributed by atoms with Crippen LogP contribution in [0.3, 0.4) is 0 Å². The molecule has 3 aromatic rings. The highest BCUT2D eigenvalue weighted by atomic mass is 16.5. The number of carbonyl (C=O) groups is 2. The van der Waals surface area contributed by atoms with E-state index >= 15 is 0 Å². The molecule has 0 bridgehead atoms. The lowest BCUT2D eigenvalue weighted by molar-refractivity contribution is 0.0712. The van der Waals surface area contributed by atoms with Crippen molar-refractivity contribution in [2.75, 3.05) is 49.6 Å². The largest absolute Gasteiger partial charge is 0.378 e. The summed E-state index contributed by atoms with van der Waals surface area (Å²) in [6, 6.07) is 17.3. The highest BCUT2D eigenvalue weighted by molar-refractivity contribution is 6.05. The quantitative estimate of drug-likeness (QED) is 0.522. The molecule has 2 aromatic carbocycles. The Morgan fingerprint density at radius 3 is 2.33 bits per heavy atom. The number of hydrogen-bond acceptors (Lipinski definition) is 6. The number of likely N-dealkylation sites (tertiary alicyclic amines) is 1. The predicted molar refractivity (Wildman–Crippen MR) is 150 cm³/mol.